The second kappa shape index (κ2) is 9.70. The van der Waals surface area contributed by atoms with Crippen LogP contribution >= 0.6 is 0 Å². The van der Waals surface area contributed by atoms with E-state index in [1.165, 1.54) is 12.1 Å². The van der Waals surface area contributed by atoms with Crippen molar-refractivity contribution < 1.29 is 27.8 Å². The quantitative estimate of drug-likeness (QED) is 0.561. The van der Waals surface area contributed by atoms with Gasteiger partial charge in [0.25, 0.3) is 0 Å². The Kier molecular flexibility index (Phi) is 7.88. The van der Waals surface area contributed by atoms with Crippen molar-refractivity contribution in [3.63, 3.8) is 0 Å². The Bertz CT molecular complexity index is 477. The number of amides is 1. The average molecular weight is 315 g/mol. The van der Waals surface area contributed by atoms with Gasteiger partial charge in [0.15, 0.2) is 0 Å². The predicted octanol–water partition coefficient (Wildman–Crippen LogP) is 2.29. The van der Waals surface area contributed by atoms with E-state index in [-0.39, 0.29) is 30.5 Å². The van der Waals surface area contributed by atoms with Gasteiger partial charge in [0.1, 0.15) is 5.75 Å². The minimum Gasteiger partial charge on any atom is -0.466 e. The molecule has 122 valence electrons. The minimum absolute atomic E-state index is 0.0496. The van der Waals surface area contributed by atoms with Crippen molar-refractivity contribution in [3.8, 4) is 5.75 Å². The van der Waals surface area contributed by atoms with Crippen LogP contribution in [0.1, 0.15) is 25.3 Å². The van der Waals surface area contributed by atoms with E-state index >= 15 is 0 Å². The van der Waals surface area contributed by atoms with Gasteiger partial charge in [-0.2, -0.15) is 8.78 Å². The zero-order valence-electron chi connectivity index (χ0n) is 12.3. The van der Waals surface area contributed by atoms with Crippen molar-refractivity contribution in [2.24, 2.45) is 0 Å². The molecule has 0 saturated carbocycles. The summed E-state index contributed by atoms with van der Waals surface area (Å²) in [5.74, 6) is -0.439. The molecule has 7 heteroatoms. The van der Waals surface area contributed by atoms with Crippen molar-refractivity contribution >= 4 is 11.9 Å². The first-order valence-electron chi connectivity index (χ1n) is 6.97. The van der Waals surface area contributed by atoms with Crippen LogP contribution in [0.4, 0.5) is 8.78 Å². The zero-order valence-corrected chi connectivity index (χ0v) is 12.3. The van der Waals surface area contributed by atoms with Gasteiger partial charge in [-0.15, -0.1) is 0 Å². The van der Waals surface area contributed by atoms with Gasteiger partial charge in [-0.05, 0) is 31.0 Å². The predicted molar refractivity (Wildman–Crippen MR) is 75.7 cm³/mol. The lowest BCUT2D eigenvalue weighted by Gasteiger charge is -2.07. The van der Waals surface area contributed by atoms with E-state index in [0.29, 0.717) is 25.1 Å². The molecule has 1 amide bonds. The highest BCUT2D eigenvalue weighted by atomic mass is 19.3. The molecule has 0 aliphatic carbocycles. The number of hydrogen-bond acceptors (Lipinski definition) is 4. The monoisotopic (exact) mass is 315 g/mol. The van der Waals surface area contributed by atoms with Crippen LogP contribution in [0.3, 0.4) is 0 Å². The lowest BCUT2D eigenvalue weighted by molar-refractivity contribution is -0.143. The van der Waals surface area contributed by atoms with Gasteiger partial charge in [-0.25, -0.2) is 0 Å². The van der Waals surface area contributed by atoms with Crippen molar-refractivity contribution in [2.45, 2.75) is 32.8 Å². The average Bonchev–Trinajstić information content (AvgIpc) is 2.45. The molecule has 0 bridgehead atoms. The fourth-order valence-corrected chi connectivity index (χ4v) is 1.73. The maximum atomic E-state index is 12.0. The van der Waals surface area contributed by atoms with Gasteiger partial charge in [-0.3, -0.25) is 9.59 Å². The van der Waals surface area contributed by atoms with E-state index in [9.17, 15) is 18.4 Å². The number of hydrogen-bond donors (Lipinski definition) is 1. The van der Waals surface area contributed by atoms with Crippen LogP contribution in [-0.2, 0) is 20.7 Å². The Morgan fingerprint density at radius 3 is 2.50 bits per heavy atom. The van der Waals surface area contributed by atoms with Crippen LogP contribution in [0.5, 0.6) is 5.75 Å². The molecule has 0 spiro atoms. The fourth-order valence-electron chi connectivity index (χ4n) is 1.73. The summed E-state index contributed by atoms with van der Waals surface area (Å²) < 4.78 is 33.0. The Balaban J connectivity index is 2.25. The molecule has 1 rings (SSSR count). The molecule has 1 aromatic carbocycles. The molecule has 0 saturated heterocycles. The minimum atomic E-state index is -2.87. The molecule has 0 fully saturated rings. The number of ether oxygens (including phenoxy) is 2. The molecule has 5 nitrogen and oxygen atoms in total. The van der Waals surface area contributed by atoms with Crippen LogP contribution in [-0.4, -0.2) is 31.6 Å². The summed E-state index contributed by atoms with van der Waals surface area (Å²) in [7, 11) is 0. The van der Waals surface area contributed by atoms with Crippen molar-refractivity contribution in [2.75, 3.05) is 13.2 Å². The van der Waals surface area contributed by atoms with Gasteiger partial charge < -0.3 is 14.8 Å². The number of carbonyl (C=O) groups is 2. The summed E-state index contributed by atoms with van der Waals surface area (Å²) in [5.41, 5.74) is 0.685. The summed E-state index contributed by atoms with van der Waals surface area (Å²) >= 11 is 0. The second-order valence-corrected chi connectivity index (χ2v) is 4.46. The van der Waals surface area contributed by atoms with E-state index in [1.807, 2.05) is 0 Å². The highest BCUT2D eigenvalue weighted by Crippen LogP contribution is 2.15. The van der Waals surface area contributed by atoms with Crippen LogP contribution in [0.25, 0.3) is 0 Å². The molecule has 0 unspecified atom stereocenters. The molecule has 0 atom stereocenters. The molecule has 1 aromatic rings. The third kappa shape index (κ3) is 7.56. The highest BCUT2D eigenvalue weighted by molar-refractivity contribution is 5.78. The van der Waals surface area contributed by atoms with Crippen LogP contribution in [0.15, 0.2) is 24.3 Å². The van der Waals surface area contributed by atoms with Crippen molar-refractivity contribution in [1.82, 2.24) is 5.32 Å². The Morgan fingerprint density at radius 2 is 1.91 bits per heavy atom. The number of nitrogens with one attached hydrogen (secondary N) is 1. The number of carbonyl (C=O) groups excluding carboxylic acids is 2. The lowest BCUT2D eigenvalue weighted by atomic mass is 10.1. The molecule has 0 heterocycles. The van der Waals surface area contributed by atoms with Crippen molar-refractivity contribution in [3.05, 3.63) is 29.8 Å². The molecule has 22 heavy (non-hydrogen) atoms. The molecule has 0 aliphatic heterocycles. The summed E-state index contributed by atoms with van der Waals surface area (Å²) in [6, 6.07) is 5.87. The van der Waals surface area contributed by atoms with Crippen molar-refractivity contribution in [1.29, 1.82) is 0 Å². The largest absolute Gasteiger partial charge is 0.466 e. The zero-order chi connectivity index (χ0) is 16.4. The van der Waals surface area contributed by atoms with Gasteiger partial charge in [-0.1, -0.05) is 12.1 Å². The van der Waals surface area contributed by atoms with Gasteiger partial charge in [0.05, 0.1) is 13.0 Å². The van der Waals surface area contributed by atoms with Crippen LogP contribution in [0.2, 0.25) is 0 Å². The number of rotatable bonds is 9. The van der Waals surface area contributed by atoms with E-state index in [1.54, 1.807) is 19.1 Å². The molecular formula is C15H19F2NO4. The van der Waals surface area contributed by atoms with Gasteiger partial charge >= 0.3 is 12.6 Å². The smallest absolute Gasteiger partial charge is 0.387 e. The number of benzene rings is 1. The topological polar surface area (TPSA) is 64.6 Å². The maximum absolute atomic E-state index is 12.0. The summed E-state index contributed by atoms with van der Waals surface area (Å²) in [6.45, 7) is -0.411. The number of alkyl halides is 2. The standard InChI is InChI=1S/C15H19F2NO4/c1-2-21-14(20)4-3-9-18-13(19)10-11-5-7-12(8-6-11)22-15(16)17/h5-8,15H,2-4,9-10H2,1H3,(H,18,19). The Morgan fingerprint density at radius 1 is 1.23 bits per heavy atom. The van der Waals surface area contributed by atoms with Crippen LogP contribution < -0.4 is 10.1 Å². The summed E-state index contributed by atoms with van der Waals surface area (Å²) in [6.07, 6.45) is 0.897. The van der Waals surface area contributed by atoms with Gasteiger partial charge in [0.2, 0.25) is 5.91 Å². The fraction of sp³-hybridized carbons (Fsp3) is 0.467. The molecule has 0 aromatic heterocycles. The first-order chi connectivity index (χ1) is 10.5. The Hall–Kier alpha value is -2.18. The van der Waals surface area contributed by atoms with E-state index < -0.39 is 6.61 Å². The lowest BCUT2D eigenvalue weighted by Crippen LogP contribution is -2.26. The normalized spacial score (nSPS) is 10.4. The molecule has 1 N–H and O–H groups in total. The van der Waals surface area contributed by atoms with E-state index in [0.717, 1.165) is 0 Å². The highest BCUT2D eigenvalue weighted by Gasteiger charge is 2.07. The molecule has 0 radical (unpaired) electrons. The molecular weight excluding hydrogens is 296 g/mol. The first-order valence-corrected chi connectivity index (χ1v) is 6.97. The Labute approximate surface area is 127 Å². The summed E-state index contributed by atoms with van der Waals surface area (Å²) in [4.78, 5) is 22.8. The SMILES string of the molecule is CCOC(=O)CCCNC(=O)Cc1ccc(OC(F)F)cc1. The van der Waals surface area contributed by atoms with Gasteiger partial charge in [0, 0.05) is 13.0 Å². The molecule has 0 aliphatic rings. The summed E-state index contributed by atoms with van der Waals surface area (Å²) in [5, 5.41) is 2.68. The van der Waals surface area contributed by atoms with Crippen LogP contribution in [0, 0.1) is 0 Å². The third-order valence-electron chi connectivity index (χ3n) is 2.70. The number of halogens is 2. The second-order valence-electron chi connectivity index (χ2n) is 4.46. The maximum Gasteiger partial charge on any atom is 0.387 e. The first kappa shape index (κ1) is 17.9. The van der Waals surface area contributed by atoms with E-state index in [4.69, 9.17) is 4.74 Å². The third-order valence-corrected chi connectivity index (χ3v) is 2.70. The van der Waals surface area contributed by atoms with E-state index in [2.05, 4.69) is 10.1 Å². The number of esters is 1.